The molecule has 1 amide bonds. The van der Waals surface area contributed by atoms with E-state index in [0.717, 1.165) is 60.6 Å². The third-order valence-electron chi connectivity index (χ3n) is 8.28. The summed E-state index contributed by atoms with van der Waals surface area (Å²) in [4.78, 5) is 28.9. The van der Waals surface area contributed by atoms with Crippen molar-refractivity contribution in [3.8, 4) is 5.75 Å². The molecule has 1 aromatic heterocycles. The molecule has 0 radical (unpaired) electrons. The third kappa shape index (κ3) is 4.75. The molecule has 1 aliphatic carbocycles. The van der Waals surface area contributed by atoms with Gasteiger partial charge in [0.15, 0.2) is 0 Å². The molecule has 1 spiro atoms. The van der Waals surface area contributed by atoms with Crippen LogP contribution in [0.25, 0.3) is 11.0 Å². The molecular weight excluding hydrogens is 485 g/mol. The van der Waals surface area contributed by atoms with Crippen molar-refractivity contribution in [2.24, 2.45) is 5.41 Å². The van der Waals surface area contributed by atoms with Crippen molar-refractivity contribution in [2.75, 3.05) is 38.2 Å². The molecule has 1 saturated carbocycles. The number of nitrogens with zero attached hydrogens (tertiary/aromatic N) is 5. The number of hydrogen-bond donors (Lipinski definition) is 0. The molecule has 3 fully saturated rings. The Labute approximate surface area is 222 Å². The van der Waals surface area contributed by atoms with E-state index in [1.165, 1.54) is 12.1 Å². The third-order valence-corrected chi connectivity index (χ3v) is 8.28. The van der Waals surface area contributed by atoms with Gasteiger partial charge in [0.25, 0.3) is 0 Å². The summed E-state index contributed by atoms with van der Waals surface area (Å²) in [5, 5.41) is 0. The second-order valence-electron chi connectivity index (χ2n) is 11.3. The lowest BCUT2D eigenvalue weighted by atomic mass is 9.61. The van der Waals surface area contributed by atoms with E-state index in [4.69, 9.17) is 14.5 Å². The summed E-state index contributed by atoms with van der Waals surface area (Å²) >= 11 is 0. The van der Waals surface area contributed by atoms with Crippen molar-refractivity contribution in [1.82, 2.24) is 19.8 Å². The number of rotatable bonds is 5. The molecule has 3 aliphatic rings. The summed E-state index contributed by atoms with van der Waals surface area (Å²) in [7, 11) is 1.64. The van der Waals surface area contributed by atoms with Crippen LogP contribution >= 0.6 is 0 Å². The fourth-order valence-electron chi connectivity index (χ4n) is 6.27. The summed E-state index contributed by atoms with van der Waals surface area (Å²) in [6.45, 7) is 8.25. The van der Waals surface area contributed by atoms with Crippen molar-refractivity contribution in [3.63, 3.8) is 0 Å². The molecule has 2 aliphatic heterocycles. The summed E-state index contributed by atoms with van der Waals surface area (Å²) < 4.78 is 24.4. The van der Waals surface area contributed by atoms with E-state index in [1.54, 1.807) is 13.3 Å². The summed E-state index contributed by atoms with van der Waals surface area (Å²) in [6, 6.07) is 12.5. The molecule has 38 heavy (non-hydrogen) atoms. The molecule has 2 aromatic carbocycles. The lowest BCUT2D eigenvalue weighted by molar-refractivity contribution is -0.137. The zero-order valence-corrected chi connectivity index (χ0v) is 22.1. The van der Waals surface area contributed by atoms with Gasteiger partial charge in [-0.05, 0) is 56.5 Å². The van der Waals surface area contributed by atoms with E-state index in [1.807, 2.05) is 35.2 Å². The minimum absolute atomic E-state index is 0.00370. The minimum Gasteiger partial charge on any atom is -0.497 e. The topological polar surface area (TPSA) is 71.0 Å². The van der Waals surface area contributed by atoms with Crippen LogP contribution < -0.4 is 9.64 Å². The van der Waals surface area contributed by atoms with Crippen molar-refractivity contribution < 1.29 is 18.7 Å². The van der Waals surface area contributed by atoms with Crippen molar-refractivity contribution in [3.05, 3.63) is 60.0 Å². The van der Waals surface area contributed by atoms with E-state index in [0.29, 0.717) is 13.1 Å². The van der Waals surface area contributed by atoms with Crippen LogP contribution in [0.2, 0.25) is 0 Å². The minimum atomic E-state index is -0.219. The van der Waals surface area contributed by atoms with E-state index in [9.17, 15) is 9.18 Å². The molecule has 0 N–H and O–H groups in total. The fourth-order valence-corrected chi connectivity index (χ4v) is 6.27. The number of anilines is 1. The van der Waals surface area contributed by atoms with Crippen molar-refractivity contribution >= 4 is 22.9 Å². The quantitative estimate of drug-likeness (QED) is 0.492. The number of fused-ring (bicyclic) bond motifs is 1. The molecule has 2 atom stereocenters. The van der Waals surface area contributed by atoms with E-state index in [-0.39, 0.29) is 35.5 Å². The van der Waals surface area contributed by atoms with Crippen LogP contribution in [0, 0.1) is 11.2 Å². The van der Waals surface area contributed by atoms with Gasteiger partial charge in [0, 0.05) is 56.3 Å². The maximum absolute atomic E-state index is 13.1. The second-order valence-corrected chi connectivity index (χ2v) is 11.3. The smallest absolute Gasteiger partial charge is 0.410 e. The van der Waals surface area contributed by atoms with Crippen LogP contribution in [-0.2, 0) is 11.3 Å². The number of methoxy groups -OCH3 is 1. The molecule has 0 unspecified atom stereocenters. The van der Waals surface area contributed by atoms with Gasteiger partial charge in [-0.2, -0.15) is 0 Å². The molecule has 6 rings (SSSR count). The van der Waals surface area contributed by atoms with Crippen LogP contribution in [-0.4, -0.2) is 77.3 Å². The molecule has 3 heterocycles. The van der Waals surface area contributed by atoms with Gasteiger partial charge in [-0.15, -0.1) is 0 Å². The Morgan fingerprint density at radius 1 is 1.05 bits per heavy atom. The highest BCUT2D eigenvalue weighted by molar-refractivity contribution is 5.77. The standard InChI is InChI=1S/C29H34FN5O3/c1-19-15-35(20(2)14-34(19)27-13-31-26-10-23(37-3)8-9-25(26)32-27)28(36)38-24-11-29(12-24)17-33(18-29)16-21-4-6-22(30)7-5-21/h4-10,13,19-20,24H,11-12,14-18H2,1-3H3/t19-,20+/m0/s1. The van der Waals surface area contributed by atoms with Gasteiger partial charge >= 0.3 is 6.09 Å². The molecular formula is C29H34FN5O3. The zero-order chi connectivity index (χ0) is 26.4. The lowest BCUT2D eigenvalue weighted by Crippen LogP contribution is -2.64. The lowest BCUT2D eigenvalue weighted by Gasteiger charge is -2.58. The molecule has 2 saturated heterocycles. The zero-order valence-electron chi connectivity index (χ0n) is 22.1. The average Bonchev–Trinajstić information content (AvgIpc) is 2.87. The van der Waals surface area contributed by atoms with Crippen LogP contribution in [0.1, 0.15) is 32.3 Å². The maximum Gasteiger partial charge on any atom is 0.410 e. The predicted octanol–water partition coefficient (Wildman–Crippen LogP) is 4.48. The number of carbonyl (C=O) groups is 1. The van der Waals surface area contributed by atoms with Gasteiger partial charge in [-0.3, -0.25) is 9.88 Å². The van der Waals surface area contributed by atoms with E-state index >= 15 is 0 Å². The fraction of sp³-hybridized carbons (Fsp3) is 0.483. The molecule has 3 aromatic rings. The Bertz CT molecular complexity index is 1320. The number of hydrogen-bond acceptors (Lipinski definition) is 7. The van der Waals surface area contributed by atoms with E-state index < -0.39 is 0 Å². The Hall–Kier alpha value is -3.46. The van der Waals surface area contributed by atoms with Gasteiger partial charge in [0.1, 0.15) is 23.5 Å². The van der Waals surface area contributed by atoms with Crippen molar-refractivity contribution in [1.29, 1.82) is 0 Å². The van der Waals surface area contributed by atoms with Gasteiger partial charge in [-0.1, -0.05) is 12.1 Å². The predicted molar refractivity (Wildman–Crippen MR) is 143 cm³/mol. The van der Waals surface area contributed by atoms with Gasteiger partial charge in [0.2, 0.25) is 0 Å². The first-order valence-corrected chi connectivity index (χ1v) is 13.3. The SMILES string of the molecule is COc1ccc2nc(N3C[C@@H](C)N(C(=O)OC4CC5(C4)CN(Cc4ccc(F)cc4)C5)C[C@@H]3C)cnc2c1. The summed E-state index contributed by atoms with van der Waals surface area (Å²) in [5.74, 6) is 1.36. The molecule has 200 valence electrons. The Morgan fingerprint density at radius 3 is 2.55 bits per heavy atom. The first-order chi connectivity index (χ1) is 18.3. The van der Waals surface area contributed by atoms with Gasteiger partial charge in [-0.25, -0.2) is 14.2 Å². The van der Waals surface area contributed by atoms with Crippen LogP contribution in [0.5, 0.6) is 5.75 Å². The highest BCUT2D eigenvalue weighted by Crippen LogP contribution is 2.50. The molecule has 8 nitrogen and oxygen atoms in total. The van der Waals surface area contributed by atoms with Crippen LogP contribution in [0.3, 0.4) is 0 Å². The Kier molecular flexibility index (Phi) is 6.34. The normalized spacial score (nSPS) is 23.3. The molecule has 0 bridgehead atoms. The Balaban J connectivity index is 0.998. The first kappa shape index (κ1) is 24.9. The van der Waals surface area contributed by atoms with Crippen molar-refractivity contribution in [2.45, 2.75) is 51.4 Å². The van der Waals surface area contributed by atoms with E-state index in [2.05, 4.69) is 28.6 Å². The maximum atomic E-state index is 13.1. The monoisotopic (exact) mass is 519 g/mol. The number of halogens is 1. The second kappa shape index (κ2) is 9.69. The number of likely N-dealkylation sites (tertiary alicyclic amines) is 1. The number of aromatic nitrogens is 2. The van der Waals surface area contributed by atoms with Gasteiger partial charge in [0.05, 0.1) is 24.3 Å². The van der Waals surface area contributed by atoms with Crippen LogP contribution in [0.15, 0.2) is 48.7 Å². The number of amides is 1. The average molecular weight is 520 g/mol. The Morgan fingerprint density at radius 2 is 1.82 bits per heavy atom. The number of benzene rings is 2. The summed E-state index contributed by atoms with van der Waals surface area (Å²) in [6.07, 6.45) is 3.40. The number of ether oxygens (including phenoxy) is 2. The first-order valence-electron chi connectivity index (χ1n) is 13.3. The molecule has 9 heteroatoms. The largest absolute Gasteiger partial charge is 0.497 e. The van der Waals surface area contributed by atoms with Crippen LogP contribution in [0.4, 0.5) is 15.0 Å². The number of piperazine rings is 1. The number of carbonyl (C=O) groups excluding carboxylic acids is 1. The highest BCUT2D eigenvalue weighted by Gasteiger charge is 2.54. The highest BCUT2D eigenvalue weighted by atomic mass is 19.1. The van der Waals surface area contributed by atoms with Gasteiger partial charge < -0.3 is 19.3 Å². The summed E-state index contributed by atoms with van der Waals surface area (Å²) in [5.41, 5.74) is 3.00.